The minimum atomic E-state index is -4.02. The zero-order chi connectivity index (χ0) is 14.5. The summed E-state index contributed by atoms with van der Waals surface area (Å²) in [4.78, 5) is -0.0666. The van der Waals surface area contributed by atoms with Gasteiger partial charge in [-0.3, -0.25) is 4.55 Å². The Morgan fingerprint density at radius 3 is 1.63 bits per heavy atom. The molecule has 0 unspecified atom stereocenters. The zero-order valence-corrected chi connectivity index (χ0v) is 11.3. The summed E-state index contributed by atoms with van der Waals surface area (Å²) in [5.41, 5.74) is 13.0. The Kier molecular flexibility index (Phi) is 4.91. The average Bonchev–Trinajstić information content (AvgIpc) is 2.33. The van der Waals surface area contributed by atoms with E-state index in [1.807, 2.05) is 19.1 Å². The van der Waals surface area contributed by atoms with Crippen molar-refractivity contribution in [2.45, 2.75) is 11.8 Å². The average molecular weight is 280 g/mol. The molecule has 0 bridgehead atoms. The van der Waals surface area contributed by atoms with Gasteiger partial charge in [-0.15, -0.1) is 0 Å². The van der Waals surface area contributed by atoms with Crippen LogP contribution in [0, 0.1) is 6.92 Å². The van der Waals surface area contributed by atoms with Crippen LogP contribution >= 0.6 is 0 Å². The van der Waals surface area contributed by atoms with Crippen molar-refractivity contribution in [3.05, 3.63) is 54.1 Å². The molecule has 6 heteroatoms. The highest BCUT2D eigenvalue weighted by Gasteiger charge is 2.06. The molecule has 0 aliphatic carbocycles. The summed E-state index contributed by atoms with van der Waals surface area (Å²) in [5, 5.41) is 0. The number of hydrogen-bond acceptors (Lipinski definition) is 4. The first-order chi connectivity index (χ1) is 8.80. The molecular weight excluding hydrogens is 264 g/mol. The highest BCUT2D eigenvalue weighted by atomic mass is 32.2. The highest BCUT2D eigenvalue weighted by Crippen LogP contribution is 2.10. The lowest BCUT2D eigenvalue weighted by Gasteiger charge is -1.95. The second-order valence-electron chi connectivity index (χ2n) is 3.92. The van der Waals surface area contributed by atoms with E-state index in [1.54, 1.807) is 24.3 Å². The number of aryl methyl sites for hydroxylation is 1. The first kappa shape index (κ1) is 15.0. The minimum absolute atomic E-state index is 0.0666. The van der Waals surface area contributed by atoms with E-state index in [-0.39, 0.29) is 4.90 Å². The summed E-state index contributed by atoms with van der Waals surface area (Å²) in [6.07, 6.45) is 0. The Balaban J connectivity index is 0.000000200. The first-order valence-corrected chi connectivity index (χ1v) is 6.89. The molecule has 5 nitrogen and oxygen atoms in total. The fraction of sp³-hybridized carbons (Fsp3) is 0.0769. The monoisotopic (exact) mass is 280 g/mol. The van der Waals surface area contributed by atoms with Gasteiger partial charge in [0, 0.05) is 0 Å². The Bertz CT molecular complexity index is 616. The predicted molar refractivity (Wildman–Crippen MR) is 76.3 cm³/mol. The largest absolute Gasteiger partial charge is 0.397 e. The van der Waals surface area contributed by atoms with Crippen LogP contribution in [0.2, 0.25) is 0 Å². The molecular formula is C13H16N2O3S. The lowest BCUT2D eigenvalue weighted by atomic mass is 10.2. The molecule has 0 radical (unpaired) electrons. The van der Waals surface area contributed by atoms with Crippen molar-refractivity contribution < 1.29 is 13.0 Å². The molecule has 0 saturated carbocycles. The van der Waals surface area contributed by atoms with Gasteiger partial charge in [0.25, 0.3) is 10.1 Å². The first-order valence-electron chi connectivity index (χ1n) is 5.45. The van der Waals surface area contributed by atoms with Gasteiger partial charge >= 0.3 is 0 Å². The fourth-order valence-electron chi connectivity index (χ4n) is 1.22. The van der Waals surface area contributed by atoms with Crippen LogP contribution in [-0.2, 0) is 10.1 Å². The lowest BCUT2D eigenvalue weighted by Crippen LogP contribution is -1.96. The van der Waals surface area contributed by atoms with Gasteiger partial charge in [-0.05, 0) is 31.2 Å². The summed E-state index contributed by atoms with van der Waals surface area (Å²) in [7, 11) is -4.02. The zero-order valence-electron chi connectivity index (χ0n) is 10.4. The van der Waals surface area contributed by atoms with Crippen LogP contribution in [0.4, 0.5) is 11.4 Å². The lowest BCUT2D eigenvalue weighted by molar-refractivity contribution is 0.483. The molecule has 2 aromatic rings. The molecule has 0 amide bonds. The van der Waals surface area contributed by atoms with Crippen LogP contribution in [-0.4, -0.2) is 13.0 Å². The molecule has 0 aromatic heterocycles. The van der Waals surface area contributed by atoms with E-state index in [0.29, 0.717) is 11.4 Å². The molecule has 0 spiro atoms. The van der Waals surface area contributed by atoms with Crippen molar-refractivity contribution >= 4 is 21.5 Å². The number of anilines is 2. The number of hydrogen-bond donors (Lipinski definition) is 3. The third-order valence-corrected chi connectivity index (χ3v) is 3.18. The highest BCUT2D eigenvalue weighted by molar-refractivity contribution is 7.85. The van der Waals surface area contributed by atoms with Gasteiger partial charge in [0.2, 0.25) is 0 Å². The number of nitrogens with two attached hydrogens (primary N) is 2. The summed E-state index contributed by atoms with van der Waals surface area (Å²) < 4.78 is 29.6. The molecule has 2 aromatic carbocycles. The van der Waals surface area contributed by atoms with Gasteiger partial charge in [0.1, 0.15) is 0 Å². The second-order valence-corrected chi connectivity index (χ2v) is 5.34. The smallest absolute Gasteiger partial charge is 0.294 e. The SMILES string of the molecule is Cc1ccc(S(=O)(=O)O)cc1.Nc1ccccc1N. The normalized spacial score (nSPS) is 10.4. The molecule has 102 valence electrons. The van der Waals surface area contributed by atoms with Crippen molar-refractivity contribution in [3.63, 3.8) is 0 Å². The van der Waals surface area contributed by atoms with E-state index < -0.39 is 10.1 Å². The van der Waals surface area contributed by atoms with Crippen molar-refractivity contribution in [1.29, 1.82) is 0 Å². The van der Waals surface area contributed by atoms with Crippen LogP contribution in [0.15, 0.2) is 53.4 Å². The van der Waals surface area contributed by atoms with Crippen LogP contribution in [0.5, 0.6) is 0 Å². The van der Waals surface area contributed by atoms with Crippen molar-refractivity contribution in [3.8, 4) is 0 Å². The maximum absolute atomic E-state index is 10.5. The summed E-state index contributed by atoms with van der Waals surface area (Å²) in [6.45, 7) is 1.84. The number of benzene rings is 2. The predicted octanol–water partition coefficient (Wildman–Crippen LogP) is 2.09. The molecule has 2 rings (SSSR count). The van der Waals surface area contributed by atoms with Crippen molar-refractivity contribution in [2.24, 2.45) is 0 Å². The van der Waals surface area contributed by atoms with Gasteiger partial charge in [-0.2, -0.15) is 8.42 Å². The quantitative estimate of drug-likeness (QED) is 0.548. The van der Waals surface area contributed by atoms with E-state index >= 15 is 0 Å². The van der Waals surface area contributed by atoms with Crippen LogP contribution < -0.4 is 11.5 Å². The van der Waals surface area contributed by atoms with Crippen LogP contribution in [0.3, 0.4) is 0 Å². The van der Waals surface area contributed by atoms with E-state index in [0.717, 1.165) is 5.56 Å². The third-order valence-electron chi connectivity index (χ3n) is 2.31. The molecule has 5 N–H and O–H groups in total. The fourth-order valence-corrected chi connectivity index (χ4v) is 1.70. The molecule has 19 heavy (non-hydrogen) atoms. The van der Waals surface area contributed by atoms with Gasteiger partial charge in [0.05, 0.1) is 16.3 Å². The van der Waals surface area contributed by atoms with E-state index in [4.69, 9.17) is 16.0 Å². The van der Waals surface area contributed by atoms with Gasteiger partial charge in [-0.1, -0.05) is 29.8 Å². The molecule has 0 atom stereocenters. The Morgan fingerprint density at radius 1 is 0.895 bits per heavy atom. The van der Waals surface area contributed by atoms with Crippen molar-refractivity contribution in [1.82, 2.24) is 0 Å². The van der Waals surface area contributed by atoms with Gasteiger partial charge < -0.3 is 11.5 Å². The Labute approximate surface area is 112 Å². The maximum atomic E-state index is 10.5. The number of rotatable bonds is 1. The molecule has 0 aliphatic rings. The summed E-state index contributed by atoms with van der Waals surface area (Å²) in [6, 6.07) is 13.2. The maximum Gasteiger partial charge on any atom is 0.294 e. The van der Waals surface area contributed by atoms with E-state index in [1.165, 1.54) is 12.1 Å². The van der Waals surface area contributed by atoms with E-state index in [2.05, 4.69) is 0 Å². The molecule has 0 fully saturated rings. The van der Waals surface area contributed by atoms with E-state index in [9.17, 15) is 8.42 Å². The second kappa shape index (κ2) is 6.21. The summed E-state index contributed by atoms with van der Waals surface area (Å²) in [5.74, 6) is 0. The molecule has 0 aliphatic heterocycles. The van der Waals surface area contributed by atoms with Crippen LogP contribution in [0.25, 0.3) is 0 Å². The van der Waals surface area contributed by atoms with Gasteiger partial charge in [0.15, 0.2) is 0 Å². The Morgan fingerprint density at radius 2 is 1.32 bits per heavy atom. The molecule has 0 saturated heterocycles. The minimum Gasteiger partial charge on any atom is -0.397 e. The topological polar surface area (TPSA) is 106 Å². The number of para-hydroxylation sites is 2. The Hall–Kier alpha value is -2.05. The van der Waals surface area contributed by atoms with Crippen LogP contribution in [0.1, 0.15) is 5.56 Å². The third kappa shape index (κ3) is 4.99. The molecule has 0 heterocycles. The van der Waals surface area contributed by atoms with Crippen molar-refractivity contribution in [2.75, 3.05) is 11.5 Å². The standard InChI is InChI=1S/C7H8O3S.C6H8N2/c1-6-2-4-7(5-3-6)11(8,9)10;7-5-3-1-2-4-6(5)8/h2-5H,1H3,(H,8,9,10);1-4H,7-8H2. The van der Waals surface area contributed by atoms with Gasteiger partial charge in [-0.25, -0.2) is 0 Å². The summed E-state index contributed by atoms with van der Waals surface area (Å²) >= 11 is 0. The number of nitrogen functional groups attached to an aromatic ring is 2.